The molecule has 0 saturated heterocycles. The van der Waals surface area contributed by atoms with Crippen molar-refractivity contribution >= 4 is 27.7 Å². The van der Waals surface area contributed by atoms with Gasteiger partial charge in [0.2, 0.25) is 0 Å². The first-order valence-corrected chi connectivity index (χ1v) is 9.57. The van der Waals surface area contributed by atoms with Crippen molar-refractivity contribution in [2.45, 2.75) is 13.8 Å². The number of nitrogens with one attached hydrogen (secondary N) is 2. The van der Waals surface area contributed by atoms with Crippen molar-refractivity contribution in [2.24, 2.45) is 0 Å². The maximum absolute atomic E-state index is 12.1. The zero-order chi connectivity index (χ0) is 20.4. The molecule has 0 fully saturated rings. The number of aryl methyl sites for hydroxylation is 1. The molecule has 0 spiro atoms. The van der Waals surface area contributed by atoms with Crippen LogP contribution in [0.3, 0.4) is 0 Å². The Balaban J connectivity index is 1.73. The molecular weight excluding hydrogens is 428 g/mol. The molecule has 0 unspecified atom stereocenters. The molecule has 150 valence electrons. The highest BCUT2D eigenvalue weighted by atomic mass is 79.9. The highest BCUT2D eigenvalue weighted by Gasteiger charge is 2.09. The number of benzene rings is 2. The first kappa shape index (κ1) is 21.7. The zero-order valence-corrected chi connectivity index (χ0v) is 17.4. The van der Waals surface area contributed by atoms with Gasteiger partial charge < -0.3 is 14.2 Å². The van der Waals surface area contributed by atoms with Crippen LogP contribution in [-0.2, 0) is 9.53 Å². The summed E-state index contributed by atoms with van der Waals surface area (Å²) in [4.78, 5) is 23.9. The van der Waals surface area contributed by atoms with Crippen LogP contribution in [0.15, 0.2) is 46.9 Å². The van der Waals surface area contributed by atoms with Crippen LogP contribution in [0.4, 0.5) is 0 Å². The number of hydrogen-bond acceptors (Lipinski definition) is 5. The summed E-state index contributed by atoms with van der Waals surface area (Å²) in [6, 6.07) is 12.0. The SMILES string of the molecule is CCOCCOc1ccc(C(=O)NNC(=O)COc2ccc(Br)c(C)c2)cc1. The summed E-state index contributed by atoms with van der Waals surface area (Å²) in [7, 11) is 0. The molecule has 8 heteroatoms. The van der Waals surface area contributed by atoms with E-state index in [4.69, 9.17) is 14.2 Å². The third kappa shape index (κ3) is 7.21. The summed E-state index contributed by atoms with van der Waals surface area (Å²) in [5, 5.41) is 0. The lowest BCUT2D eigenvalue weighted by atomic mass is 10.2. The Bertz CT molecular complexity index is 796. The third-order valence-electron chi connectivity index (χ3n) is 3.63. The molecule has 2 rings (SSSR count). The second-order valence-corrected chi connectivity index (χ2v) is 6.63. The Morgan fingerprint density at radius 2 is 1.68 bits per heavy atom. The molecule has 0 saturated carbocycles. The smallest absolute Gasteiger partial charge is 0.276 e. The molecule has 0 heterocycles. The van der Waals surface area contributed by atoms with Crippen LogP contribution in [0.5, 0.6) is 11.5 Å². The van der Waals surface area contributed by atoms with E-state index in [-0.39, 0.29) is 6.61 Å². The van der Waals surface area contributed by atoms with Gasteiger partial charge in [-0.05, 0) is 61.9 Å². The fraction of sp³-hybridized carbons (Fsp3) is 0.300. The Hall–Kier alpha value is -2.58. The van der Waals surface area contributed by atoms with Gasteiger partial charge in [0.25, 0.3) is 11.8 Å². The number of hydrazine groups is 1. The van der Waals surface area contributed by atoms with Gasteiger partial charge in [-0.1, -0.05) is 15.9 Å². The summed E-state index contributed by atoms with van der Waals surface area (Å²) in [5.41, 5.74) is 6.06. The Kier molecular flexibility index (Phi) is 8.77. The molecule has 7 nitrogen and oxygen atoms in total. The fourth-order valence-corrected chi connectivity index (χ4v) is 2.40. The molecule has 2 aromatic carbocycles. The van der Waals surface area contributed by atoms with Crippen LogP contribution >= 0.6 is 15.9 Å². The van der Waals surface area contributed by atoms with E-state index in [1.807, 2.05) is 26.0 Å². The Morgan fingerprint density at radius 3 is 2.36 bits per heavy atom. The first-order chi connectivity index (χ1) is 13.5. The maximum atomic E-state index is 12.1. The minimum atomic E-state index is -0.468. The minimum absolute atomic E-state index is 0.214. The van der Waals surface area contributed by atoms with Crippen molar-refractivity contribution in [3.05, 3.63) is 58.1 Å². The van der Waals surface area contributed by atoms with Gasteiger partial charge in [-0.3, -0.25) is 20.4 Å². The predicted molar refractivity (Wildman–Crippen MR) is 108 cm³/mol. The average Bonchev–Trinajstić information content (AvgIpc) is 2.70. The van der Waals surface area contributed by atoms with Crippen molar-refractivity contribution < 1.29 is 23.8 Å². The monoisotopic (exact) mass is 450 g/mol. The van der Waals surface area contributed by atoms with Crippen molar-refractivity contribution in [1.82, 2.24) is 10.9 Å². The quantitative estimate of drug-likeness (QED) is 0.452. The van der Waals surface area contributed by atoms with Crippen molar-refractivity contribution in [3.63, 3.8) is 0 Å². The summed E-state index contributed by atoms with van der Waals surface area (Å²) in [6.45, 7) is 5.21. The molecule has 0 aliphatic carbocycles. The topological polar surface area (TPSA) is 85.9 Å². The lowest BCUT2D eigenvalue weighted by Crippen LogP contribution is -2.43. The van der Waals surface area contributed by atoms with E-state index in [0.717, 1.165) is 10.0 Å². The summed E-state index contributed by atoms with van der Waals surface area (Å²) < 4.78 is 17.0. The maximum Gasteiger partial charge on any atom is 0.276 e. The standard InChI is InChI=1S/C20H23BrN2O5/c1-3-26-10-11-27-16-6-4-15(5-7-16)20(25)23-22-19(24)13-28-17-8-9-18(21)14(2)12-17/h4-9,12H,3,10-11,13H2,1-2H3,(H,22,24)(H,23,25). The van der Waals surface area contributed by atoms with Crippen LogP contribution in [0.2, 0.25) is 0 Å². The van der Waals surface area contributed by atoms with E-state index >= 15 is 0 Å². The Labute approximate surface area is 172 Å². The average molecular weight is 451 g/mol. The molecular formula is C20H23BrN2O5. The lowest BCUT2D eigenvalue weighted by Gasteiger charge is -2.10. The van der Waals surface area contributed by atoms with E-state index < -0.39 is 11.8 Å². The van der Waals surface area contributed by atoms with Gasteiger partial charge in [-0.25, -0.2) is 0 Å². The third-order valence-corrected chi connectivity index (χ3v) is 4.52. The summed E-state index contributed by atoms with van der Waals surface area (Å²) >= 11 is 3.40. The fourth-order valence-electron chi connectivity index (χ4n) is 2.16. The minimum Gasteiger partial charge on any atom is -0.491 e. The van der Waals surface area contributed by atoms with E-state index in [1.54, 1.807) is 30.3 Å². The van der Waals surface area contributed by atoms with Crippen LogP contribution < -0.4 is 20.3 Å². The molecule has 2 aromatic rings. The van der Waals surface area contributed by atoms with Crippen molar-refractivity contribution in [3.8, 4) is 11.5 Å². The van der Waals surface area contributed by atoms with Crippen molar-refractivity contribution in [2.75, 3.05) is 26.4 Å². The van der Waals surface area contributed by atoms with E-state index in [9.17, 15) is 9.59 Å². The van der Waals surface area contributed by atoms with Gasteiger partial charge in [0, 0.05) is 16.6 Å². The number of ether oxygens (including phenoxy) is 3. The van der Waals surface area contributed by atoms with E-state index in [0.29, 0.717) is 36.9 Å². The predicted octanol–water partition coefficient (Wildman–Crippen LogP) is 3.01. The number of halogens is 1. The molecule has 2 amide bonds. The van der Waals surface area contributed by atoms with Gasteiger partial charge in [-0.2, -0.15) is 0 Å². The number of carbonyl (C=O) groups excluding carboxylic acids is 2. The normalized spacial score (nSPS) is 10.2. The first-order valence-electron chi connectivity index (χ1n) is 8.78. The second kappa shape index (κ2) is 11.3. The molecule has 0 radical (unpaired) electrons. The van der Waals surface area contributed by atoms with Gasteiger partial charge in [0.1, 0.15) is 18.1 Å². The number of rotatable bonds is 9. The zero-order valence-electron chi connectivity index (χ0n) is 15.8. The van der Waals surface area contributed by atoms with Crippen LogP contribution in [0, 0.1) is 6.92 Å². The molecule has 0 atom stereocenters. The van der Waals surface area contributed by atoms with Gasteiger partial charge >= 0.3 is 0 Å². The van der Waals surface area contributed by atoms with Gasteiger partial charge in [0.05, 0.1) is 6.61 Å². The number of amides is 2. The molecule has 0 aliphatic heterocycles. The van der Waals surface area contributed by atoms with Crippen LogP contribution in [0.25, 0.3) is 0 Å². The van der Waals surface area contributed by atoms with Gasteiger partial charge in [0.15, 0.2) is 6.61 Å². The summed E-state index contributed by atoms with van der Waals surface area (Å²) in [6.07, 6.45) is 0. The molecule has 28 heavy (non-hydrogen) atoms. The molecule has 0 aromatic heterocycles. The highest BCUT2D eigenvalue weighted by Crippen LogP contribution is 2.21. The molecule has 0 bridgehead atoms. The van der Waals surface area contributed by atoms with Gasteiger partial charge in [-0.15, -0.1) is 0 Å². The van der Waals surface area contributed by atoms with Crippen LogP contribution in [-0.4, -0.2) is 38.2 Å². The van der Waals surface area contributed by atoms with Crippen molar-refractivity contribution in [1.29, 1.82) is 0 Å². The number of carbonyl (C=O) groups is 2. The van der Waals surface area contributed by atoms with Crippen LogP contribution in [0.1, 0.15) is 22.8 Å². The van der Waals surface area contributed by atoms with E-state index in [1.165, 1.54) is 0 Å². The second-order valence-electron chi connectivity index (χ2n) is 5.77. The lowest BCUT2D eigenvalue weighted by molar-refractivity contribution is -0.123. The Morgan fingerprint density at radius 1 is 0.964 bits per heavy atom. The van der Waals surface area contributed by atoms with E-state index in [2.05, 4.69) is 26.8 Å². The molecule has 0 aliphatic rings. The number of hydrogen-bond donors (Lipinski definition) is 2. The largest absolute Gasteiger partial charge is 0.491 e. The highest BCUT2D eigenvalue weighted by molar-refractivity contribution is 9.10. The summed E-state index contributed by atoms with van der Waals surface area (Å²) in [5.74, 6) is 0.305. The molecule has 2 N–H and O–H groups in total.